The summed E-state index contributed by atoms with van der Waals surface area (Å²) in [4.78, 5) is 41.8. The number of ether oxygens (including phenoxy) is 1. The van der Waals surface area contributed by atoms with Crippen molar-refractivity contribution in [3.05, 3.63) is 47.9 Å². The number of piperazine rings is 1. The minimum absolute atomic E-state index is 0.0447. The standard InChI is InChI=1S/C22H26N4O5/c1-3-19(27)25-12-16-10-18(22(29)23-11-15-8-9-31-24-15)21(26(16)20(28)13-25)14-4-6-17(30-2)7-5-14/h4-9,16,18,21H,3,10-13H2,1-2H3,(H,23,29)/t16-,18-,21-/m0/s1. The number of amides is 3. The summed E-state index contributed by atoms with van der Waals surface area (Å²) < 4.78 is 10.1. The monoisotopic (exact) mass is 426 g/mol. The number of methoxy groups -OCH3 is 1. The fourth-order valence-corrected chi connectivity index (χ4v) is 4.54. The molecule has 31 heavy (non-hydrogen) atoms. The van der Waals surface area contributed by atoms with Crippen LogP contribution in [-0.4, -0.2) is 58.9 Å². The molecular weight excluding hydrogens is 400 g/mol. The van der Waals surface area contributed by atoms with E-state index in [9.17, 15) is 14.4 Å². The van der Waals surface area contributed by atoms with Crippen molar-refractivity contribution in [2.24, 2.45) is 5.92 Å². The minimum atomic E-state index is -0.439. The van der Waals surface area contributed by atoms with Crippen LogP contribution in [0, 0.1) is 5.92 Å². The molecule has 2 saturated heterocycles. The van der Waals surface area contributed by atoms with Crippen molar-refractivity contribution in [2.75, 3.05) is 20.2 Å². The maximum absolute atomic E-state index is 13.2. The fourth-order valence-electron chi connectivity index (χ4n) is 4.54. The zero-order chi connectivity index (χ0) is 22.0. The summed E-state index contributed by atoms with van der Waals surface area (Å²) in [5.74, 6) is -0.0704. The lowest BCUT2D eigenvalue weighted by molar-refractivity contribution is -0.149. The molecule has 3 heterocycles. The lowest BCUT2D eigenvalue weighted by atomic mass is 9.92. The van der Waals surface area contributed by atoms with Crippen LogP contribution in [0.4, 0.5) is 0 Å². The summed E-state index contributed by atoms with van der Waals surface area (Å²) in [7, 11) is 1.59. The third-order valence-electron chi connectivity index (χ3n) is 6.03. The van der Waals surface area contributed by atoms with Gasteiger partial charge in [0, 0.05) is 19.0 Å². The molecule has 9 heteroatoms. The maximum atomic E-state index is 13.2. The Hall–Kier alpha value is -3.36. The summed E-state index contributed by atoms with van der Waals surface area (Å²) in [5, 5.41) is 6.74. The lowest BCUT2D eigenvalue weighted by Gasteiger charge is -2.40. The van der Waals surface area contributed by atoms with Crippen LogP contribution >= 0.6 is 0 Å². The van der Waals surface area contributed by atoms with Gasteiger partial charge in [-0.25, -0.2) is 0 Å². The molecule has 1 aromatic carbocycles. The van der Waals surface area contributed by atoms with Gasteiger partial charge >= 0.3 is 0 Å². The molecule has 0 bridgehead atoms. The highest BCUT2D eigenvalue weighted by atomic mass is 16.5. The van der Waals surface area contributed by atoms with Crippen molar-refractivity contribution < 1.29 is 23.6 Å². The molecule has 164 valence electrons. The van der Waals surface area contributed by atoms with E-state index in [-0.39, 0.29) is 36.9 Å². The van der Waals surface area contributed by atoms with Crippen LogP contribution in [0.3, 0.4) is 0 Å². The van der Waals surface area contributed by atoms with Crippen LogP contribution in [0.25, 0.3) is 0 Å². The molecule has 0 radical (unpaired) electrons. The van der Waals surface area contributed by atoms with Crippen LogP contribution < -0.4 is 10.1 Å². The summed E-state index contributed by atoms with van der Waals surface area (Å²) >= 11 is 0. The topological polar surface area (TPSA) is 105 Å². The zero-order valence-corrected chi connectivity index (χ0v) is 17.6. The Morgan fingerprint density at radius 2 is 2.03 bits per heavy atom. The van der Waals surface area contributed by atoms with E-state index in [2.05, 4.69) is 10.5 Å². The summed E-state index contributed by atoms with van der Waals surface area (Å²) in [6.45, 7) is 2.52. The molecule has 0 saturated carbocycles. The molecule has 3 atom stereocenters. The van der Waals surface area contributed by atoms with E-state index in [1.54, 1.807) is 29.9 Å². The van der Waals surface area contributed by atoms with E-state index < -0.39 is 12.0 Å². The van der Waals surface area contributed by atoms with Crippen LogP contribution in [0.15, 0.2) is 41.1 Å². The number of carbonyl (C=O) groups is 3. The van der Waals surface area contributed by atoms with Gasteiger partial charge in [-0.2, -0.15) is 0 Å². The van der Waals surface area contributed by atoms with Gasteiger partial charge in [0.05, 0.1) is 38.2 Å². The fraction of sp³-hybridized carbons (Fsp3) is 0.455. The van der Waals surface area contributed by atoms with Gasteiger partial charge in [0.1, 0.15) is 17.7 Å². The van der Waals surface area contributed by atoms with Crippen LogP contribution in [0.2, 0.25) is 0 Å². The second-order valence-corrected chi connectivity index (χ2v) is 7.85. The van der Waals surface area contributed by atoms with Gasteiger partial charge in [-0.15, -0.1) is 0 Å². The van der Waals surface area contributed by atoms with Crippen LogP contribution in [0.1, 0.15) is 37.1 Å². The molecule has 0 aliphatic carbocycles. The molecule has 0 unspecified atom stereocenters. The third kappa shape index (κ3) is 4.12. The van der Waals surface area contributed by atoms with Crippen LogP contribution in [0.5, 0.6) is 5.75 Å². The first-order valence-electron chi connectivity index (χ1n) is 10.4. The van der Waals surface area contributed by atoms with Gasteiger partial charge in [-0.05, 0) is 24.1 Å². The Bertz CT molecular complexity index is 943. The smallest absolute Gasteiger partial charge is 0.243 e. The number of benzene rings is 1. The van der Waals surface area contributed by atoms with Gasteiger partial charge in [-0.3, -0.25) is 14.4 Å². The summed E-state index contributed by atoms with van der Waals surface area (Å²) in [5.41, 5.74) is 1.49. The van der Waals surface area contributed by atoms with Gasteiger partial charge < -0.3 is 24.4 Å². The normalized spacial score (nSPS) is 22.9. The first kappa shape index (κ1) is 20.9. The highest BCUT2D eigenvalue weighted by Gasteiger charge is 2.50. The average Bonchev–Trinajstić information content (AvgIpc) is 3.45. The lowest BCUT2D eigenvalue weighted by Crippen LogP contribution is -2.55. The van der Waals surface area contributed by atoms with Gasteiger partial charge in [0.25, 0.3) is 0 Å². The molecule has 2 aromatic rings. The third-order valence-corrected chi connectivity index (χ3v) is 6.03. The van der Waals surface area contributed by atoms with Crippen LogP contribution in [-0.2, 0) is 20.9 Å². The van der Waals surface area contributed by atoms with Gasteiger partial charge in [0.2, 0.25) is 17.7 Å². The quantitative estimate of drug-likeness (QED) is 0.751. The number of hydrogen-bond donors (Lipinski definition) is 1. The molecular formula is C22H26N4O5. The SMILES string of the molecule is CCC(=O)N1CC(=O)N2[C@@H](C[C@H](C(=O)NCc3ccon3)[C@@H]2c2ccc(OC)cc2)C1. The molecule has 4 rings (SSSR count). The van der Waals surface area contributed by atoms with E-state index in [0.29, 0.717) is 30.8 Å². The predicted molar refractivity (Wildman–Crippen MR) is 110 cm³/mol. The minimum Gasteiger partial charge on any atom is -0.497 e. The van der Waals surface area contributed by atoms with E-state index in [0.717, 1.165) is 5.56 Å². The Morgan fingerprint density at radius 1 is 1.26 bits per heavy atom. The first-order chi connectivity index (χ1) is 15.0. The number of nitrogens with one attached hydrogen (secondary N) is 1. The largest absolute Gasteiger partial charge is 0.497 e. The maximum Gasteiger partial charge on any atom is 0.243 e. The number of carbonyl (C=O) groups excluding carboxylic acids is 3. The van der Waals surface area contributed by atoms with E-state index in [1.807, 2.05) is 24.3 Å². The van der Waals surface area contributed by atoms with Gasteiger partial charge in [-0.1, -0.05) is 24.2 Å². The number of hydrogen-bond acceptors (Lipinski definition) is 6. The Kier molecular flexibility index (Phi) is 5.92. The van der Waals surface area contributed by atoms with Gasteiger partial charge in [0.15, 0.2) is 0 Å². The predicted octanol–water partition coefficient (Wildman–Crippen LogP) is 1.51. The Labute approximate surface area is 180 Å². The highest BCUT2D eigenvalue weighted by molar-refractivity contribution is 5.88. The number of rotatable bonds is 6. The number of aromatic nitrogens is 1. The highest BCUT2D eigenvalue weighted by Crippen LogP contribution is 2.43. The number of nitrogens with zero attached hydrogens (tertiary/aromatic N) is 3. The molecule has 1 N–H and O–H groups in total. The summed E-state index contributed by atoms with van der Waals surface area (Å²) in [6, 6.07) is 8.52. The molecule has 2 fully saturated rings. The van der Waals surface area contributed by atoms with Crippen molar-refractivity contribution in [2.45, 2.75) is 38.4 Å². The molecule has 0 spiro atoms. The Morgan fingerprint density at radius 3 is 2.68 bits per heavy atom. The summed E-state index contributed by atoms with van der Waals surface area (Å²) in [6.07, 6.45) is 2.29. The Balaban J connectivity index is 1.60. The second kappa shape index (κ2) is 8.79. The van der Waals surface area contributed by atoms with Crippen molar-refractivity contribution in [3.8, 4) is 5.75 Å². The molecule has 1 aromatic heterocycles. The van der Waals surface area contributed by atoms with E-state index >= 15 is 0 Å². The first-order valence-corrected chi connectivity index (χ1v) is 10.4. The zero-order valence-electron chi connectivity index (χ0n) is 17.6. The second-order valence-electron chi connectivity index (χ2n) is 7.85. The average molecular weight is 426 g/mol. The molecule has 2 aliphatic heterocycles. The van der Waals surface area contributed by atoms with Crippen molar-refractivity contribution >= 4 is 17.7 Å². The number of fused-ring (bicyclic) bond motifs is 1. The van der Waals surface area contributed by atoms with E-state index in [1.165, 1.54) is 6.26 Å². The molecule has 9 nitrogen and oxygen atoms in total. The van der Waals surface area contributed by atoms with Crippen molar-refractivity contribution in [1.82, 2.24) is 20.3 Å². The van der Waals surface area contributed by atoms with Crippen molar-refractivity contribution in [1.29, 1.82) is 0 Å². The molecule has 2 aliphatic rings. The van der Waals surface area contributed by atoms with Crippen molar-refractivity contribution in [3.63, 3.8) is 0 Å². The molecule has 3 amide bonds. The van der Waals surface area contributed by atoms with E-state index in [4.69, 9.17) is 9.26 Å².